The summed E-state index contributed by atoms with van der Waals surface area (Å²) in [4.78, 5) is 10.5. The van der Waals surface area contributed by atoms with Crippen LogP contribution in [0.25, 0.3) is 0 Å². The van der Waals surface area contributed by atoms with Gasteiger partial charge in [0.2, 0.25) is 0 Å². The fourth-order valence-corrected chi connectivity index (χ4v) is 1.30. The smallest absolute Gasteiger partial charge is 0.153 e. The quantitative estimate of drug-likeness (QED) is 0.485. The SMILES string of the molecule is COc1cc(OCI)ccc1C=O. The Morgan fingerprint density at radius 3 is 2.85 bits per heavy atom. The first-order valence-electron chi connectivity index (χ1n) is 3.63. The Labute approximate surface area is 90.2 Å². The van der Waals surface area contributed by atoms with E-state index in [9.17, 15) is 4.79 Å². The Hall–Kier alpha value is -0.780. The fraction of sp³-hybridized carbons (Fsp3) is 0.222. The van der Waals surface area contributed by atoms with Gasteiger partial charge in [-0.15, -0.1) is 0 Å². The zero-order valence-electron chi connectivity index (χ0n) is 7.12. The molecule has 70 valence electrons. The number of benzene rings is 1. The summed E-state index contributed by atoms with van der Waals surface area (Å²) < 4.78 is 10.8. The second kappa shape index (κ2) is 5.06. The molecule has 0 fully saturated rings. The van der Waals surface area contributed by atoms with E-state index < -0.39 is 0 Å². The van der Waals surface area contributed by atoms with Crippen molar-refractivity contribution in [2.75, 3.05) is 11.7 Å². The number of alkyl halides is 1. The number of ether oxygens (including phenoxy) is 2. The molecule has 1 rings (SSSR count). The summed E-state index contributed by atoms with van der Waals surface area (Å²) in [6, 6.07) is 5.11. The van der Waals surface area contributed by atoms with E-state index in [1.807, 2.05) is 0 Å². The van der Waals surface area contributed by atoms with Crippen molar-refractivity contribution in [1.82, 2.24) is 0 Å². The Morgan fingerprint density at radius 1 is 1.54 bits per heavy atom. The number of methoxy groups -OCH3 is 1. The largest absolute Gasteiger partial charge is 0.496 e. The molecule has 0 amide bonds. The maximum Gasteiger partial charge on any atom is 0.153 e. The van der Waals surface area contributed by atoms with E-state index in [0.29, 0.717) is 21.7 Å². The number of hydrogen-bond donors (Lipinski definition) is 0. The Bertz CT molecular complexity index is 299. The van der Waals surface area contributed by atoms with Crippen LogP contribution in [0.3, 0.4) is 0 Å². The Balaban J connectivity index is 2.98. The summed E-state index contributed by atoms with van der Waals surface area (Å²) in [6.07, 6.45) is 0.757. The first kappa shape index (κ1) is 10.3. The van der Waals surface area contributed by atoms with Gasteiger partial charge in [-0.1, -0.05) is 0 Å². The molecule has 13 heavy (non-hydrogen) atoms. The highest BCUT2D eigenvalue weighted by molar-refractivity contribution is 14.1. The summed E-state index contributed by atoms with van der Waals surface area (Å²) in [5.74, 6) is 1.24. The summed E-state index contributed by atoms with van der Waals surface area (Å²) in [5, 5.41) is 0. The molecule has 0 aliphatic heterocycles. The summed E-state index contributed by atoms with van der Waals surface area (Å²) in [6.45, 7) is 0. The standard InChI is InChI=1S/C9H9IO3/c1-12-9-4-8(13-6-10)3-2-7(9)5-11/h2-5H,6H2,1H3. The van der Waals surface area contributed by atoms with Crippen molar-refractivity contribution in [2.24, 2.45) is 0 Å². The lowest BCUT2D eigenvalue weighted by Crippen LogP contribution is -1.93. The van der Waals surface area contributed by atoms with Crippen molar-refractivity contribution < 1.29 is 14.3 Å². The van der Waals surface area contributed by atoms with Crippen molar-refractivity contribution in [3.8, 4) is 11.5 Å². The lowest BCUT2D eigenvalue weighted by Gasteiger charge is -2.06. The van der Waals surface area contributed by atoms with Crippen LogP contribution in [0.2, 0.25) is 0 Å². The van der Waals surface area contributed by atoms with Gasteiger partial charge in [-0.2, -0.15) is 0 Å². The molecule has 0 unspecified atom stereocenters. The fourth-order valence-electron chi connectivity index (χ4n) is 0.942. The highest BCUT2D eigenvalue weighted by Crippen LogP contribution is 2.23. The highest BCUT2D eigenvalue weighted by Gasteiger charge is 2.03. The average Bonchev–Trinajstić information content (AvgIpc) is 2.18. The number of rotatable bonds is 4. The van der Waals surface area contributed by atoms with E-state index in [-0.39, 0.29) is 0 Å². The lowest BCUT2D eigenvalue weighted by atomic mass is 10.2. The van der Waals surface area contributed by atoms with Gasteiger partial charge >= 0.3 is 0 Å². The molecule has 0 spiro atoms. The van der Waals surface area contributed by atoms with Crippen LogP contribution in [0.15, 0.2) is 18.2 Å². The van der Waals surface area contributed by atoms with Crippen LogP contribution in [0, 0.1) is 0 Å². The van der Waals surface area contributed by atoms with Crippen molar-refractivity contribution >= 4 is 28.9 Å². The summed E-state index contributed by atoms with van der Waals surface area (Å²) in [7, 11) is 1.52. The molecule has 0 bridgehead atoms. The van der Waals surface area contributed by atoms with Crippen molar-refractivity contribution in [2.45, 2.75) is 0 Å². The predicted octanol–water partition coefficient (Wildman–Crippen LogP) is 2.28. The highest BCUT2D eigenvalue weighted by atomic mass is 127. The molecule has 0 N–H and O–H groups in total. The van der Waals surface area contributed by atoms with Gasteiger partial charge in [-0.05, 0) is 34.7 Å². The van der Waals surface area contributed by atoms with Crippen LogP contribution in [0.5, 0.6) is 11.5 Å². The van der Waals surface area contributed by atoms with Gasteiger partial charge in [0.25, 0.3) is 0 Å². The first-order valence-corrected chi connectivity index (χ1v) is 5.16. The van der Waals surface area contributed by atoms with Crippen LogP contribution in [0.1, 0.15) is 10.4 Å². The molecule has 3 nitrogen and oxygen atoms in total. The number of aldehydes is 1. The molecule has 1 aromatic carbocycles. The Kier molecular flexibility index (Phi) is 4.01. The van der Waals surface area contributed by atoms with Gasteiger partial charge in [0, 0.05) is 6.07 Å². The zero-order chi connectivity index (χ0) is 9.68. The van der Waals surface area contributed by atoms with Crippen LogP contribution in [0.4, 0.5) is 0 Å². The molecule has 0 aliphatic carbocycles. The first-order chi connectivity index (χ1) is 6.31. The molecule has 0 aliphatic rings. The number of hydrogen-bond acceptors (Lipinski definition) is 3. The van der Waals surface area contributed by atoms with Gasteiger partial charge in [-0.3, -0.25) is 4.79 Å². The van der Waals surface area contributed by atoms with E-state index in [1.54, 1.807) is 18.2 Å². The van der Waals surface area contributed by atoms with E-state index in [1.165, 1.54) is 7.11 Å². The van der Waals surface area contributed by atoms with Gasteiger partial charge < -0.3 is 9.47 Å². The van der Waals surface area contributed by atoms with Crippen LogP contribution in [-0.2, 0) is 0 Å². The molecule has 0 radical (unpaired) electrons. The van der Waals surface area contributed by atoms with Crippen LogP contribution in [-0.4, -0.2) is 18.0 Å². The second-order valence-corrected chi connectivity index (χ2v) is 2.90. The molecule has 0 aromatic heterocycles. The molecule has 0 saturated carbocycles. The van der Waals surface area contributed by atoms with Gasteiger partial charge in [0.1, 0.15) is 16.1 Å². The van der Waals surface area contributed by atoms with Gasteiger partial charge in [0.05, 0.1) is 12.7 Å². The minimum atomic E-state index is 0.531. The van der Waals surface area contributed by atoms with Gasteiger partial charge in [0.15, 0.2) is 6.29 Å². The molecular weight excluding hydrogens is 283 g/mol. The number of halogens is 1. The Morgan fingerprint density at radius 2 is 2.31 bits per heavy atom. The molecule has 0 atom stereocenters. The maximum atomic E-state index is 10.5. The third-order valence-electron chi connectivity index (χ3n) is 1.55. The summed E-state index contributed by atoms with van der Waals surface area (Å²) in [5.41, 5.74) is 0.531. The molecular formula is C9H9IO3. The zero-order valence-corrected chi connectivity index (χ0v) is 9.28. The maximum absolute atomic E-state index is 10.5. The van der Waals surface area contributed by atoms with Crippen molar-refractivity contribution in [3.63, 3.8) is 0 Å². The van der Waals surface area contributed by atoms with Gasteiger partial charge in [-0.25, -0.2) is 0 Å². The second-order valence-electron chi connectivity index (χ2n) is 2.28. The normalized spacial score (nSPS) is 9.38. The van der Waals surface area contributed by atoms with E-state index in [0.717, 1.165) is 6.29 Å². The monoisotopic (exact) mass is 292 g/mol. The topological polar surface area (TPSA) is 35.5 Å². The van der Waals surface area contributed by atoms with Crippen LogP contribution >= 0.6 is 22.6 Å². The van der Waals surface area contributed by atoms with Crippen LogP contribution < -0.4 is 9.47 Å². The third-order valence-corrected chi connectivity index (χ3v) is 1.86. The molecule has 0 saturated heterocycles. The average molecular weight is 292 g/mol. The third kappa shape index (κ3) is 2.58. The van der Waals surface area contributed by atoms with Crippen molar-refractivity contribution in [3.05, 3.63) is 23.8 Å². The van der Waals surface area contributed by atoms with Crippen molar-refractivity contribution in [1.29, 1.82) is 0 Å². The number of carbonyl (C=O) groups is 1. The summed E-state index contributed by atoms with van der Waals surface area (Å²) >= 11 is 2.10. The molecule has 4 heteroatoms. The van der Waals surface area contributed by atoms with E-state index >= 15 is 0 Å². The molecule has 0 heterocycles. The van der Waals surface area contributed by atoms with E-state index in [2.05, 4.69) is 22.6 Å². The van der Waals surface area contributed by atoms with E-state index in [4.69, 9.17) is 9.47 Å². The molecule has 1 aromatic rings. The predicted molar refractivity (Wildman–Crippen MR) is 57.9 cm³/mol. The minimum Gasteiger partial charge on any atom is -0.496 e. The number of carbonyl (C=O) groups excluding carboxylic acids is 1. The minimum absolute atomic E-state index is 0.531. The lowest BCUT2D eigenvalue weighted by molar-refractivity contribution is 0.112.